The maximum Gasteiger partial charge on any atom is 0.267 e. The summed E-state index contributed by atoms with van der Waals surface area (Å²) in [6.45, 7) is 12.1. The molecule has 0 radical (unpaired) electrons. The van der Waals surface area contributed by atoms with Crippen molar-refractivity contribution in [1.82, 2.24) is 14.3 Å². The Kier molecular flexibility index (Phi) is 6.03. The van der Waals surface area contributed by atoms with Crippen molar-refractivity contribution in [2.75, 3.05) is 24.5 Å². The molecule has 1 amide bonds. The van der Waals surface area contributed by atoms with E-state index in [1.54, 1.807) is 22.7 Å². The first kappa shape index (κ1) is 21.8. The van der Waals surface area contributed by atoms with Crippen molar-refractivity contribution in [3.63, 3.8) is 0 Å². The molecule has 0 bridgehead atoms. The van der Waals surface area contributed by atoms with Gasteiger partial charge < -0.3 is 4.90 Å². The number of anilines is 1. The van der Waals surface area contributed by atoms with Crippen LogP contribution in [0.1, 0.15) is 31.4 Å². The largest absolute Gasteiger partial charge is 0.355 e. The predicted molar refractivity (Wildman–Crippen MR) is 131 cm³/mol. The van der Waals surface area contributed by atoms with E-state index < -0.39 is 0 Å². The molecule has 2 saturated heterocycles. The smallest absolute Gasteiger partial charge is 0.267 e. The highest BCUT2D eigenvalue weighted by molar-refractivity contribution is 8.26. The first-order valence-electron chi connectivity index (χ1n) is 10.4. The third kappa shape index (κ3) is 4.06. The number of hydrogen-bond donors (Lipinski definition) is 0. The molecule has 162 valence electrons. The van der Waals surface area contributed by atoms with Crippen LogP contribution in [0, 0.1) is 18.8 Å². The van der Waals surface area contributed by atoms with Gasteiger partial charge in [-0.2, -0.15) is 0 Å². The van der Waals surface area contributed by atoms with Crippen molar-refractivity contribution >= 4 is 51.7 Å². The molecule has 0 spiro atoms. The zero-order chi connectivity index (χ0) is 22.3. The molecule has 0 aromatic carbocycles. The summed E-state index contributed by atoms with van der Waals surface area (Å²) >= 11 is 6.58. The predicted octanol–water partition coefficient (Wildman–Crippen LogP) is 3.87. The summed E-state index contributed by atoms with van der Waals surface area (Å²) in [6.07, 6.45) is 6.19. The molecule has 2 aromatic rings. The van der Waals surface area contributed by atoms with E-state index >= 15 is 0 Å². The molecule has 2 aliphatic heterocycles. The van der Waals surface area contributed by atoms with Gasteiger partial charge in [-0.15, -0.1) is 6.58 Å². The summed E-state index contributed by atoms with van der Waals surface area (Å²) in [5.41, 5.74) is 1.83. The molecule has 4 rings (SSSR count). The van der Waals surface area contributed by atoms with E-state index in [-0.39, 0.29) is 11.5 Å². The van der Waals surface area contributed by atoms with Crippen LogP contribution in [0.3, 0.4) is 0 Å². The Morgan fingerprint density at radius 3 is 2.68 bits per heavy atom. The lowest BCUT2D eigenvalue weighted by Gasteiger charge is -2.36. The maximum atomic E-state index is 13.6. The Labute approximate surface area is 191 Å². The number of piperidine rings is 1. The molecule has 2 aromatic heterocycles. The molecule has 2 fully saturated rings. The molecule has 2 unspecified atom stereocenters. The maximum absolute atomic E-state index is 13.6. The van der Waals surface area contributed by atoms with Crippen LogP contribution in [0.15, 0.2) is 40.7 Å². The van der Waals surface area contributed by atoms with Crippen LogP contribution in [-0.2, 0) is 4.79 Å². The lowest BCUT2D eigenvalue weighted by molar-refractivity contribution is -0.121. The van der Waals surface area contributed by atoms with Gasteiger partial charge in [-0.1, -0.05) is 50.0 Å². The number of thioether (sulfide) groups is 1. The summed E-state index contributed by atoms with van der Waals surface area (Å²) < 4.78 is 2.04. The Morgan fingerprint density at radius 2 is 2.00 bits per heavy atom. The van der Waals surface area contributed by atoms with Crippen LogP contribution in [0.4, 0.5) is 5.82 Å². The van der Waals surface area contributed by atoms with Gasteiger partial charge in [0, 0.05) is 25.8 Å². The number of carbonyl (C=O) groups is 1. The molecule has 2 atom stereocenters. The Hall–Kier alpha value is -2.45. The molecule has 0 N–H and O–H groups in total. The molecule has 2 aliphatic rings. The Morgan fingerprint density at radius 1 is 1.29 bits per heavy atom. The minimum atomic E-state index is -0.199. The highest BCUT2D eigenvalue weighted by atomic mass is 32.2. The highest BCUT2D eigenvalue weighted by Gasteiger charge is 2.33. The average Bonchev–Trinajstić information content (AvgIpc) is 2.97. The van der Waals surface area contributed by atoms with Crippen LogP contribution < -0.4 is 10.5 Å². The summed E-state index contributed by atoms with van der Waals surface area (Å²) in [4.78, 5) is 35.5. The van der Waals surface area contributed by atoms with Crippen LogP contribution >= 0.6 is 24.0 Å². The van der Waals surface area contributed by atoms with Gasteiger partial charge in [-0.3, -0.25) is 18.9 Å². The number of aromatic nitrogens is 2. The van der Waals surface area contributed by atoms with Gasteiger partial charge in [0.2, 0.25) is 0 Å². The zero-order valence-corrected chi connectivity index (χ0v) is 19.6. The summed E-state index contributed by atoms with van der Waals surface area (Å²) in [5, 5.41) is 0. The number of hydrogen-bond acceptors (Lipinski definition) is 6. The van der Waals surface area contributed by atoms with Gasteiger partial charge in [0.25, 0.3) is 11.5 Å². The Balaban J connectivity index is 1.90. The van der Waals surface area contributed by atoms with Gasteiger partial charge >= 0.3 is 0 Å². The number of nitrogens with zero attached hydrogens (tertiary/aromatic N) is 4. The van der Waals surface area contributed by atoms with E-state index in [0.29, 0.717) is 44.6 Å². The average molecular weight is 455 g/mol. The molecular formula is C23H26N4O2S2. The number of carbonyl (C=O) groups excluding carboxylic acids is 1. The van der Waals surface area contributed by atoms with Crippen LogP contribution in [0.2, 0.25) is 0 Å². The molecule has 8 heteroatoms. The van der Waals surface area contributed by atoms with Crippen molar-refractivity contribution < 1.29 is 4.79 Å². The fourth-order valence-electron chi connectivity index (χ4n) is 4.42. The van der Waals surface area contributed by atoms with Gasteiger partial charge in [0.15, 0.2) is 0 Å². The van der Waals surface area contributed by atoms with Gasteiger partial charge in [0.1, 0.15) is 15.8 Å². The number of amides is 1. The van der Waals surface area contributed by atoms with Gasteiger partial charge in [-0.05, 0) is 42.9 Å². The molecule has 0 saturated carbocycles. The van der Waals surface area contributed by atoms with Crippen LogP contribution in [-0.4, -0.2) is 44.1 Å². The molecule has 6 nitrogen and oxygen atoms in total. The minimum absolute atomic E-state index is 0.177. The standard InChI is InChI=1S/C23H26N4O2S2/c1-5-8-27-22(29)18(31-23(27)30)11-17-20(25-12-14(2)10-15(3)13-25)24-19-16(4)7-6-9-26(19)21(17)28/h5-7,9,11,14-15H,1,8,10,12-13H2,2-4H3. The van der Waals surface area contributed by atoms with E-state index in [4.69, 9.17) is 17.2 Å². The fourth-order valence-corrected chi connectivity index (χ4v) is 5.68. The molecule has 0 aliphatic carbocycles. The molecule has 4 heterocycles. The lowest BCUT2D eigenvalue weighted by Crippen LogP contribution is -2.40. The van der Waals surface area contributed by atoms with Crippen molar-refractivity contribution in [2.45, 2.75) is 27.2 Å². The summed E-state index contributed by atoms with van der Waals surface area (Å²) in [5.74, 6) is 1.45. The van der Waals surface area contributed by atoms with E-state index in [0.717, 1.165) is 25.1 Å². The first-order valence-corrected chi connectivity index (χ1v) is 11.7. The molecule has 31 heavy (non-hydrogen) atoms. The second kappa shape index (κ2) is 8.59. The number of pyridine rings is 1. The van der Waals surface area contributed by atoms with Crippen molar-refractivity contribution in [3.8, 4) is 0 Å². The third-order valence-corrected chi connectivity index (χ3v) is 7.07. The lowest BCUT2D eigenvalue weighted by atomic mass is 9.91. The second-order valence-corrected chi connectivity index (χ2v) is 10.1. The van der Waals surface area contributed by atoms with E-state index in [2.05, 4.69) is 25.3 Å². The van der Waals surface area contributed by atoms with Gasteiger partial charge in [0.05, 0.1) is 10.5 Å². The normalized spacial score (nSPS) is 23.3. The van der Waals surface area contributed by atoms with Crippen molar-refractivity contribution in [3.05, 3.63) is 57.4 Å². The number of rotatable bonds is 4. The fraction of sp³-hybridized carbons (Fsp3) is 0.391. The first-order chi connectivity index (χ1) is 14.8. The van der Waals surface area contributed by atoms with E-state index in [1.165, 1.54) is 16.7 Å². The third-order valence-electron chi connectivity index (χ3n) is 5.69. The van der Waals surface area contributed by atoms with E-state index in [1.807, 2.05) is 19.1 Å². The van der Waals surface area contributed by atoms with Crippen molar-refractivity contribution in [1.29, 1.82) is 0 Å². The van der Waals surface area contributed by atoms with Crippen molar-refractivity contribution in [2.24, 2.45) is 11.8 Å². The molecular weight excluding hydrogens is 428 g/mol. The van der Waals surface area contributed by atoms with E-state index in [9.17, 15) is 9.59 Å². The Bertz CT molecular complexity index is 1160. The van der Waals surface area contributed by atoms with Gasteiger partial charge in [-0.25, -0.2) is 4.98 Å². The SMILES string of the molecule is C=CCN1C(=O)C(=Cc2c(N3CC(C)CC(C)C3)nc3c(C)cccn3c2=O)SC1=S. The summed E-state index contributed by atoms with van der Waals surface area (Å²) in [7, 11) is 0. The number of aryl methyl sites for hydroxylation is 1. The number of thiocarbonyl (C=S) groups is 1. The highest BCUT2D eigenvalue weighted by Crippen LogP contribution is 2.34. The monoisotopic (exact) mass is 454 g/mol. The quantitative estimate of drug-likeness (QED) is 0.397. The van der Waals surface area contributed by atoms with Crippen LogP contribution in [0.5, 0.6) is 0 Å². The second-order valence-electron chi connectivity index (χ2n) is 8.47. The topological polar surface area (TPSA) is 57.9 Å². The summed E-state index contributed by atoms with van der Waals surface area (Å²) in [6, 6.07) is 3.79. The zero-order valence-electron chi connectivity index (χ0n) is 18.0. The number of fused-ring (bicyclic) bond motifs is 1. The van der Waals surface area contributed by atoms with Crippen LogP contribution in [0.25, 0.3) is 11.7 Å². The minimum Gasteiger partial charge on any atom is -0.355 e.